The maximum Gasteiger partial charge on any atom is 0.164 e. The lowest BCUT2D eigenvalue weighted by Gasteiger charge is -2.17. The Morgan fingerprint density at radius 1 is 0.197 bits per heavy atom. The molecule has 122 heavy (non-hydrogen) atoms. The molecule has 3 aromatic heterocycles. The predicted molar refractivity (Wildman–Crippen MR) is 500 cm³/mol. The van der Waals surface area contributed by atoms with E-state index in [1.165, 1.54) is 44.2 Å². The van der Waals surface area contributed by atoms with Gasteiger partial charge in [0.05, 0.1) is 11.0 Å². The zero-order chi connectivity index (χ0) is 80.8. The first-order chi connectivity index (χ1) is 60.4. The molecule has 0 fully saturated rings. The summed E-state index contributed by atoms with van der Waals surface area (Å²) >= 11 is 0. The minimum absolute atomic E-state index is 0.0132. The molecule has 17 aromatic carbocycles. The number of nitrogens with zero attached hydrogens (tertiary/aromatic N) is 7. The van der Waals surface area contributed by atoms with Crippen LogP contribution in [-0.2, 0) is 0 Å². The third kappa shape index (κ3) is 14.1. The van der Waals surface area contributed by atoms with Crippen LogP contribution in [0.2, 0.25) is 0 Å². The predicted octanol–water partition coefficient (Wildman–Crippen LogP) is 28.8. The van der Waals surface area contributed by atoms with Gasteiger partial charge in [-0.05, 0) is 215 Å². The van der Waals surface area contributed by atoms with Gasteiger partial charge in [0.2, 0.25) is 0 Å². The summed E-state index contributed by atoms with van der Waals surface area (Å²) in [4.78, 5) is 30.6. The van der Waals surface area contributed by atoms with Crippen molar-refractivity contribution in [3.8, 4) is 191 Å². The highest BCUT2D eigenvalue weighted by Crippen LogP contribution is 2.51. The molecule has 0 spiro atoms. The number of fused-ring (bicyclic) bond motifs is 6. The molecule has 0 amide bonds. The van der Waals surface area contributed by atoms with Gasteiger partial charge in [-0.3, -0.25) is 0 Å². The average molecular weight is 1560 g/mol. The highest BCUT2D eigenvalue weighted by atomic mass is 16.5. The molecule has 1 aliphatic heterocycles. The van der Waals surface area contributed by atoms with Gasteiger partial charge in [-0.1, -0.05) is 334 Å². The van der Waals surface area contributed by atoms with Crippen molar-refractivity contribution in [1.29, 1.82) is 0 Å². The largest absolute Gasteiger partial charge is 0.484 e. The smallest absolute Gasteiger partial charge is 0.164 e. The summed E-state index contributed by atoms with van der Waals surface area (Å²) in [5.74, 6) is 4.54. The normalized spacial score (nSPS) is 13.2. The lowest BCUT2D eigenvalue weighted by molar-refractivity contribution is 0.270. The zero-order valence-corrected chi connectivity index (χ0v) is 66.3. The van der Waals surface area contributed by atoms with Crippen molar-refractivity contribution >= 4 is 21.8 Å². The second-order valence-electron chi connectivity index (χ2n) is 31.3. The highest BCUT2D eigenvalue weighted by Gasteiger charge is 2.35. The van der Waals surface area contributed by atoms with E-state index in [1.54, 1.807) is 0 Å². The van der Waals surface area contributed by atoms with Crippen molar-refractivity contribution in [2.24, 2.45) is 0 Å². The SMILES string of the molecule is C1=CC2Oc3c(-c4cc(-c5cccc(-c6cccc(-c7nc(-c8ccccc8)nc(-c8ccccc8)n7)c6)c5)cc(-c5cccc(-c6cccc(-c7nc(-c8ccccc8)nc(-c8ccccc8)n7)c6)c5)c4)cc(-c4cccc(-c5ccc(-n6c7ccccc7c7cc(-c8cccc(-c9cccc(-c%10ccccc%10)c9)c8)ccc76)cc5)c4)cc3C2C=C1. The summed E-state index contributed by atoms with van der Waals surface area (Å²) in [5, 5.41) is 2.42. The molecular weight excluding hydrogens is 1480 g/mol. The molecule has 20 aromatic rings. The van der Waals surface area contributed by atoms with Crippen LogP contribution in [0.4, 0.5) is 0 Å². The second kappa shape index (κ2) is 31.4. The van der Waals surface area contributed by atoms with Crippen LogP contribution in [0.1, 0.15) is 11.5 Å². The number of aromatic nitrogens is 7. The van der Waals surface area contributed by atoms with E-state index in [0.29, 0.717) is 34.9 Å². The van der Waals surface area contributed by atoms with Gasteiger partial charge in [-0.2, -0.15) is 0 Å². The minimum Gasteiger partial charge on any atom is -0.484 e. The van der Waals surface area contributed by atoms with Crippen LogP contribution < -0.4 is 4.74 Å². The summed E-state index contributed by atoms with van der Waals surface area (Å²) in [6, 6.07) is 149. The van der Waals surface area contributed by atoms with Crippen molar-refractivity contribution in [2.75, 3.05) is 0 Å². The van der Waals surface area contributed by atoms with Gasteiger partial charge in [0.25, 0.3) is 0 Å². The van der Waals surface area contributed by atoms with Gasteiger partial charge in [0.15, 0.2) is 34.9 Å². The summed E-state index contributed by atoms with van der Waals surface area (Å²) in [7, 11) is 0. The van der Waals surface area contributed by atoms with Gasteiger partial charge in [-0.25, -0.2) is 29.9 Å². The minimum atomic E-state index is -0.167. The van der Waals surface area contributed by atoms with Crippen LogP contribution in [0.5, 0.6) is 5.75 Å². The van der Waals surface area contributed by atoms with E-state index >= 15 is 0 Å². The van der Waals surface area contributed by atoms with Gasteiger partial charge in [-0.15, -0.1) is 0 Å². The monoisotopic (exact) mass is 1560 g/mol. The molecule has 0 bridgehead atoms. The van der Waals surface area contributed by atoms with Crippen LogP contribution in [0.25, 0.3) is 207 Å². The molecule has 1 aliphatic carbocycles. The van der Waals surface area contributed by atoms with Crippen LogP contribution >= 0.6 is 0 Å². The molecule has 2 atom stereocenters. The van der Waals surface area contributed by atoms with E-state index in [0.717, 1.165) is 139 Å². The number of allylic oxidation sites excluding steroid dienone is 2. The van der Waals surface area contributed by atoms with Gasteiger partial charge in [0.1, 0.15) is 11.9 Å². The Labute approximate surface area is 707 Å². The standard InChI is InChI=1S/C114H75N7O/c1-6-27-74(28-7-1)80-37-20-39-82(61-80)83-40-22-43-86(63-83)92-57-60-106-103(71-92)100-51-16-18-53-105(100)121(106)99-58-55-75(56-59-99)81-38-21-48-91(62-81)97-72-102(108-104(73-97)101-52-17-19-54-107(101)122-108)98-69-95(89-46-23-41-84(64-89)87-44-25-49-93(66-87)113-117-109(76-29-8-2-9-30-76)115-110(118-113)77-31-10-3-11-32-77)68-96(70-98)90-47-24-42-85(65-90)88-45-26-50-94(67-88)114-119-111(78-33-12-4-13-34-78)116-112(120-114)79-35-14-5-15-36-79/h1-73,101,107H. The summed E-state index contributed by atoms with van der Waals surface area (Å²) in [6.07, 6.45) is 8.59. The van der Waals surface area contributed by atoms with Crippen molar-refractivity contribution in [3.63, 3.8) is 0 Å². The first-order valence-corrected chi connectivity index (χ1v) is 41.4. The van der Waals surface area contributed by atoms with Crippen molar-refractivity contribution in [2.45, 2.75) is 12.0 Å². The maximum atomic E-state index is 7.24. The van der Waals surface area contributed by atoms with Crippen molar-refractivity contribution in [1.82, 2.24) is 34.5 Å². The third-order valence-electron chi connectivity index (χ3n) is 23.6. The number of ether oxygens (including phenoxy) is 1. The first-order valence-electron chi connectivity index (χ1n) is 41.4. The Morgan fingerprint density at radius 3 is 0.910 bits per heavy atom. The van der Waals surface area contributed by atoms with E-state index in [9.17, 15) is 0 Å². The topological polar surface area (TPSA) is 91.5 Å². The first kappa shape index (κ1) is 72.3. The molecule has 0 radical (unpaired) electrons. The van der Waals surface area contributed by atoms with Crippen LogP contribution in [0.15, 0.2) is 443 Å². The zero-order valence-electron chi connectivity index (χ0n) is 66.3. The fourth-order valence-corrected chi connectivity index (χ4v) is 17.5. The maximum absolute atomic E-state index is 7.24. The Kier molecular flexibility index (Phi) is 18.6. The Morgan fingerprint density at radius 2 is 0.484 bits per heavy atom. The third-order valence-corrected chi connectivity index (χ3v) is 23.6. The van der Waals surface area contributed by atoms with Gasteiger partial charge < -0.3 is 9.30 Å². The number of rotatable bonds is 17. The lowest BCUT2D eigenvalue weighted by atomic mass is 9.86. The van der Waals surface area contributed by atoms with Crippen LogP contribution in [0, 0.1) is 0 Å². The highest BCUT2D eigenvalue weighted by molar-refractivity contribution is 6.11. The van der Waals surface area contributed by atoms with Crippen molar-refractivity contribution < 1.29 is 4.74 Å². The molecule has 2 aliphatic rings. The fourth-order valence-electron chi connectivity index (χ4n) is 17.5. The van der Waals surface area contributed by atoms with E-state index in [-0.39, 0.29) is 12.0 Å². The van der Waals surface area contributed by atoms with E-state index < -0.39 is 0 Å². The number of benzene rings is 17. The Balaban J connectivity index is 0.636. The average Bonchev–Trinajstić information content (AvgIpc) is 1.57. The van der Waals surface area contributed by atoms with E-state index in [2.05, 4.69) is 326 Å². The lowest BCUT2D eigenvalue weighted by Crippen LogP contribution is -2.15. The molecule has 4 heterocycles. The van der Waals surface area contributed by atoms with Crippen LogP contribution in [0.3, 0.4) is 0 Å². The van der Waals surface area contributed by atoms with E-state index in [4.69, 9.17) is 34.6 Å². The molecule has 8 nitrogen and oxygen atoms in total. The number of hydrogen-bond acceptors (Lipinski definition) is 7. The quantitative estimate of drug-likeness (QED) is 0.0897. The van der Waals surface area contributed by atoms with Gasteiger partial charge in [0, 0.05) is 66.9 Å². The molecule has 2 unspecified atom stereocenters. The molecule has 0 saturated heterocycles. The number of para-hydroxylation sites is 1. The van der Waals surface area contributed by atoms with Gasteiger partial charge >= 0.3 is 0 Å². The Bertz CT molecular complexity index is 7120. The molecule has 8 heteroatoms. The Hall–Kier alpha value is -16.2. The van der Waals surface area contributed by atoms with E-state index in [1.807, 2.05) is 121 Å². The molecule has 0 saturated carbocycles. The molecule has 572 valence electrons. The van der Waals surface area contributed by atoms with Crippen molar-refractivity contribution in [3.05, 3.63) is 448 Å². The molecule has 22 rings (SSSR count). The summed E-state index contributed by atoms with van der Waals surface area (Å²) < 4.78 is 9.65. The molecule has 0 N–H and O–H groups in total. The summed E-state index contributed by atoms with van der Waals surface area (Å²) in [5.41, 5.74) is 32.0. The second-order valence-corrected chi connectivity index (χ2v) is 31.3. The summed E-state index contributed by atoms with van der Waals surface area (Å²) in [6.45, 7) is 0. The van der Waals surface area contributed by atoms with Crippen LogP contribution in [-0.4, -0.2) is 40.6 Å². The fraction of sp³-hybridized carbons (Fsp3) is 0.0175. The molecular formula is C114H75N7O. The number of hydrogen-bond donors (Lipinski definition) is 0.